The summed E-state index contributed by atoms with van der Waals surface area (Å²) in [6.07, 6.45) is 2.82. The van der Waals surface area contributed by atoms with E-state index in [4.69, 9.17) is 19.9 Å². The summed E-state index contributed by atoms with van der Waals surface area (Å²) in [5.41, 5.74) is 6.96. The molecule has 142 valence electrons. The first-order valence-corrected chi connectivity index (χ1v) is 8.44. The third-order valence-electron chi connectivity index (χ3n) is 4.43. The van der Waals surface area contributed by atoms with Crippen LogP contribution in [0.15, 0.2) is 12.1 Å². The Bertz CT molecular complexity index is 535. The first kappa shape index (κ1) is 21.5. The minimum Gasteiger partial charge on any atom is -0.496 e. The van der Waals surface area contributed by atoms with Crippen LogP contribution in [0, 0.1) is 6.92 Å². The Balaban J connectivity index is 0.00000312. The van der Waals surface area contributed by atoms with Crippen molar-refractivity contribution in [3.8, 4) is 11.5 Å². The van der Waals surface area contributed by atoms with Crippen molar-refractivity contribution in [1.29, 1.82) is 0 Å². The van der Waals surface area contributed by atoms with Gasteiger partial charge in [0.15, 0.2) is 0 Å². The molecule has 0 saturated carbocycles. The standard InChI is InChI=1S/C18H28N2O4.ClH/c1-13-16(22-2)11-14(12-17(13)23-3)18(21)20-8-5-15(6-9-20)24-10-4-7-19;/h11-12,15H,4-10,19H2,1-3H3;1H. The molecule has 1 aliphatic heterocycles. The van der Waals surface area contributed by atoms with Crippen LogP contribution >= 0.6 is 12.4 Å². The minimum atomic E-state index is 0. The molecule has 1 aliphatic rings. The second kappa shape index (κ2) is 10.5. The monoisotopic (exact) mass is 372 g/mol. The summed E-state index contributed by atoms with van der Waals surface area (Å²) in [7, 11) is 3.19. The molecular weight excluding hydrogens is 344 g/mol. The number of hydrogen-bond donors (Lipinski definition) is 1. The van der Waals surface area contributed by atoms with E-state index in [0.717, 1.165) is 24.8 Å². The Morgan fingerprint density at radius 2 is 1.76 bits per heavy atom. The molecule has 1 amide bonds. The summed E-state index contributed by atoms with van der Waals surface area (Å²) in [5.74, 6) is 1.34. The predicted octanol–water partition coefficient (Wildman–Crippen LogP) is 2.40. The van der Waals surface area contributed by atoms with Gasteiger partial charge >= 0.3 is 0 Å². The normalized spacial score (nSPS) is 14.8. The highest BCUT2D eigenvalue weighted by atomic mass is 35.5. The molecule has 2 N–H and O–H groups in total. The number of benzene rings is 1. The molecule has 0 spiro atoms. The molecule has 0 bridgehead atoms. The zero-order valence-electron chi connectivity index (χ0n) is 15.2. The molecule has 0 radical (unpaired) electrons. The van der Waals surface area contributed by atoms with Crippen molar-refractivity contribution in [3.05, 3.63) is 23.3 Å². The zero-order valence-corrected chi connectivity index (χ0v) is 16.1. The third-order valence-corrected chi connectivity index (χ3v) is 4.43. The zero-order chi connectivity index (χ0) is 17.5. The Labute approximate surface area is 156 Å². The number of halogens is 1. The lowest BCUT2D eigenvalue weighted by molar-refractivity contribution is 0.00843. The highest BCUT2D eigenvalue weighted by molar-refractivity contribution is 5.95. The predicted molar refractivity (Wildman–Crippen MR) is 100 cm³/mol. The molecule has 25 heavy (non-hydrogen) atoms. The second-order valence-electron chi connectivity index (χ2n) is 6.01. The van der Waals surface area contributed by atoms with Crippen molar-refractivity contribution >= 4 is 18.3 Å². The fourth-order valence-electron chi connectivity index (χ4n) is 2.95. The molecule has 1 aromatic rings. The van der Waals surface area contributed by atoms with Crippen LogP contribution in [0.3, 0.4) is 0 Å². The molecule has 0 aliphatic carbocycles. The second-order valence-corrected chi connectivity index (χ2v) is 6.01. The molecule has 0 aromatic heterocycles. The number of piperidine rings is 1. The number of hydrogen-bond acceptors (Lipinski definition) is 5. The van der Waals surface area contributed by atoms with E-state index in [1.54, 1.807) is 26.4 Å². The number of carbonyl (C=O) groups excluding carboxylic acids is 1. The molecule has 2 rings (SSSR count). The average molecular weight is 373 g/mol. The highest BCUT2D eigenvalue weighted by Crippen LogP contribution is 2.30. The molecule has 1 heterocycles. The summed E-state index contributed by atoms with van der Waals surface area (Å²) in [6.45, 7) is 4.65. The maximum atomic E-state index is 12.8. The summed E-state index contributed by atoms with van der Waals surface area (Å²) in [5, 5.41) is 0. The van der Waals surface area contributed by atoms with Crippen LogP contribution in [-0.2, 0) is 4.74 Å². The maximum absolute atomic E-state index is 12.8. The van der Waals surface area contributed by atoms with E-state index in [-0.39, 0.29) is 24.4 Å². The number of nitrogens with two attached hydrogens (primary N) is 1. The Hall–Kier alpha value is -1.50. The number of rotatable bonds is 7. The van der Waals surface area contributed by atoms with Gasteiger partial charge in [0.2, 0.25) is 0 Å². The summed E-state index contributed by atoms with van der Waals surface area (Å²) in [6, 6.07) is 3.56. The highest BCUT2D eigenvalue weighted by Gasteiger charge is 2.25. The van der Waals surface area contributed by atoms with Gasteiger partial charge in [-0.2, -0.15) is 0 Å². The largest absolute Gasteiger partial charge is 0.496 e. The van der Waals surface area contributed by atoms with Gasteiger partial charge in [0.05, 0.1) is 20.3 Å². The van der Waals surface area contributed by atoms with Crippen molar-refractivity contribution in [2.75, 3.05) is 40.5 Å². The fraction of sp³-hybridized carbons (Fsp3) is 0.611. The number of methoxy groups -OCH3 is 2. The van der Waals surface area contributed by atoms with Crippen LogP contribution in [0.1, 0.15) is 35.2 Å². The topological polar surface area (TPSA) is 74.0 Å². The van der Waals surface area contributed by atoms with Gasteiger partial charge in [-0.1, -0.05) is 0 Å². The molecule has 0 unspecified atom stereocenters. The van der Waals surface area contributed by atoms with Gasteiger partial charge in [0.1, 0.15) is 11.5 Å². The number of amides is 1. The first-order chi connectivity index (χ1) is 11.6. The maximum Gasteiger partial charge on any atom is 0.254 e. The van der Waals surface area contributed by atoms with Crippen LogP contribution in [0.5, 0.6) is 11.5 Å². The molecule has 1 aromatic carbocycles. The Morgan fingerprint density at radius 3 is 2.24 bits per heavy atom. The number of ether oxygens (including phenoxy) is 3. The van der Waals surface area contributed by atoms with Crippen LogP contribution in [-0.4, -0.2) is 57.4 Å². The van der Waals surface area contributed by atoms with Crippen LogP contribution in [0.25, 0.3) is 0 Å². The Morgan fingerprint density at radius 1 is 1.20 bits per heavy atom. The number of nitrogens with zero attached hydrogens (tertiary/aromatic N) is 1. The van der Waals surface area contributed by atoms with E-state index in [2.05, 4.69) is 0 Å². The summed E-state index contributed by atoms with van der Waals surface area (Å²) < 4.78 is 16.5. The smallest absolute Gasteiger partial charge is 0.254 e. The van der Waals surface area contributed by atoms with Crippen LogP contribution in [0.2, 0.25) is 0 Å². The van der Waals surface area contributed by atoms with Gasteiger partial charge < -0.3 is 24.8 Å². The van der Waals surface area contributed by atoms with Crippen molar-refractivity contribution in [2.24, 2.45) is 5.73 Å². The van der Waals surface area contributed by atoms with Gasteiger partial charge in [-0.15, -0.1) is 12.4 Å². The third kappa shape index (κ3) is 5.49. The van der Waals surface area contributed by atoms with E-state index in [1.165, 1.54) is 0 Å². The fourth-order valence-corrected chi connectivity index (χ4v) is 2.95. The Kier molecular flexibility index (Phi) is 9.03. The minimum absolute atomic E-state index is 0. The molecule has 1 saturated heterocycles. The lowest BCUT2D eigenvalue weighted by Gasteiger charge is -2.32. The van der Waals surface area contributed by atoms with Crippen LogP contribution in [0.4, 0.5) is 0 Å². The lowest BCUT2D eigenvalue weighted by Crippen LogP contribution is -2.41. The summed E-state index contributed by atoms with van der Waals surface area (Å²) >= 11 is 0. The van der Waals surface area contributed by atoms with Crippen molar-refractivity contribution in [1.82, 2.24) is 4.90 Å². The van der Waals surface area contributed by atoms with E-state index in [1.807, 2.05) is 11.8 Å². The molecular formula is C18H29ClN2O4. The molecule has 6 nitrogen and oxygen atoms in total. The molecule has 7 heteroatoms. The van der Waals surface area contributed by atoms with E-state index < -0.39 is 0 Å². The van der Waals surface area contributed by atoms with Crippen molar-refractivity contribution < 1.29 is 19.0 Å². The van der Waals surface area contributed by atoms with Gasteiger partial charge in [0, 0.05) is 30.8 Å². The van der Waals surface area contributed by atoms with Gasteiger partial charge in [-0.05, 0) is 44.9 Å². The van der Waals surface area contributed by atoms with Gasteiger partial charge in [0.25, 0.3) is 5.91 Å². The van der Waals surface area contributed by atoms with E-state index in [0.29, 0.717) is 43.3 Å². The summed E-state index contributed by atoms with van der Waals surface area (Å²) in [4.78, 5) is 14.6. The first-order valence-electron chi connectivity index (χ1n) is 8.44. The number of likely N-dealkylation sites (tertiary alicyclic amines) is 1. The number of carbonyl (C=O) groups is 1. The molecule has 1 fully saturated rings. The van der Waals surface area contributed by atoms with E-state index in [9.17, 15) is 4.79 Å². The van der Waals surface area contributed by atoms with Gasteiger partial charge in [-0.3, -0.25) is 4.79 Å². The van der Waals surface area contributed by atoms with Crippen molar-refractivity contribution in [2.45, 2.75) is 32.3 Å². The lowest BCUT2D eigenvalue weighted by atomic mass is 10.0. The SMILES string of the molecule is COc1cc(C(=O)N2CCC(OCCCN)CC2)cc(OC)c1C.Cl. The van der Waals surface area contributed by atoms with E-state index >= 15 is 0 Å². The quantitative estimate of drug-likeness (QED) is 0.744. The molecule has 0 atom stereocenters. The van der Waals surface area contributed by atoms with Crippen LogP contribution < -0.4 is 15.2 Å². The van der Waals surface area contributed by atoms with Crippen molar-refractivity contribution in [3.63, 3.8) is 0 Å². The average Bonchev–Trinajstić information content (AvgIpc) is 2.62. The van der Waals surface area contributed by atoms with Gasteiger partial charge in [-0.25, -0.2) is 0 Å².